The maximum atomic E-state index is 13.0. The number of ketones is 1. The Morgan fingerprint density at radius 3 is 2.44 bits per heavy atom. The smallest absolute Gasteiger partial charge is 0.317 e. The minimum absolute atomic E-state index is 0.0264. The van der Waals surface area contributed by atoms with Crippen LogP contribution in [-0.4, -0.2) is 24.0 Å². The molecule has 0 amide bonds. The molecule has 0 aromatic heterocycles. The Morgan fingerprint density at radius 1 is 1.16 bits per heavy atom. The summed E-state index contributed by atoms with van der Waals surface area (Å²) < 4.78 is 11.8. The molecule has 0 aliphatic heterocycles. The van der Waals surface area contributed by atoms with Gasteiger partial charge in [-0.15, -0.1) is 0 Å². The highest BCUT2D eigenvalue weighted by Crippen LogP contribution is 2.38. The molecule has 2 aliphatic carbocycles. The molecule has 0 bridgehead atoms. The predicted octanol–water partition coefficient (Wildman–Crippen LogP) is 4.52. The molecular weight excluding hydrogens is 316 g/mol. The third kappa shape index (κ3) is 5.08. The summed E-state index contributed by atoms with van der Waals surface area (Å²) in [5.41, 5.74) is 0. The van der Waals surface area contributed by atoms with Crippen LogP contribution < -0.4 is 0 Å². The molecule has 4 heteroatoms. The fourth-order valence-electron chi connectivity index (χ4n) is 4.22. The van der Waals surface area contributed by atoms with Crippen molar-refractivity contribution in [3.05, 3.63) is 11.8 Å². The third-order valence-corrected chi connectivity index (χ3v) is 5.56. The molecule has 0 aromatic carbocycles. The van der Waals surface area contributed by atoms with Crippen LogP contribution in [0.15, 0.2) is 11.8 Å². The van der Waals surface area contributed by atoms with Gasteiger partial charge in [-0.05, 0) is 50.4 Å². The van der Waals surface area contributed by atoms with E-state index in [0.717, 1.165) is 12.8 Å². The summed E-state index contributed by atoms with van der Waals surface area (Å²) >= 11 is 0. The molecule has 25 heavy (non-hydrogen) atoms. The number of allylic oxidation sites excluding steroid dienone is 1. The molecule has 2 aliphatic rings. The molecule has 0 aromatic rings. The zero-order chi connectivity index (χ0) is 18.7. The number of rotatable bonds is 5. The van der Waals surface area contributed by atoms with E-state index in [1.165, 1.54) is 12.5 Å². The molecule has 142 valence electrons. The summed E-state index contributed by atoms with van der Waals surface area (Å²) in [4.78, 5) is 24.9. The van der Waals surface area contributed by atoms with Crippen LogP contribution in [-0.2, 0) is 19.1 Å². The normalized spacial score (nSPS) is 33.4. The van der Waals surface area contributed by atoms with Gasteiger partial charge in [-0.1, -0.05) is 34.1 Å². The monoisotopic (exact) mass is 350 g/mol. The molecule has 0 N–H and O–H groups in total. The topological polar surface area (TPSA) is 52.6 Å². The van der Waals surface area contributed by atoms with Gasteiger partial charge >= 0.3 is 5.97 Å². The highest BCUT2D eigenvalue weighted by Gasteiger charge is 2.40. The van der Waals surface area contributed by atoms with Gasteiger partial charge in [0.1, 0.15) is 17.8 Å². The Kier molecular flexibility index (Phi) is 6.70. The summed E-state index contributed by atoms with van der Waals surface area (Å²) in [7, 11) is 0. The van der Waals surface area contributed by atoms with E-state index in [4.69, 9.17) is 9.47 Å². The van der Waals surface area contributed by atoms with E-state index in [9.17, 15) is 9.59 Å². The number of esters is 1. The second-order valence-corrected chi connectivity index (χ2v) is 8.64. The van der Waals surface area contributed by atoms with E-state index in [1.54, 1.807) is 0 Å². The molecule has 0 saturated heterocycles. The lowest BCUT2D eigenvalue weighted by Gasteiger charge is -2.38. The van der Waals surface area contributed by atoms with Crippen molar-refractivity contribution in [2.75, 3.05) is 0 Å². The Hall–Kier alpha value is -1.32. The standard InChI is InChI=1S/C21H34O4/c1-12(2)17-8-7-14(5)9-18(17)25-21(23)20-15(6)10-16(22)11-19(20)24-13(3)4/h11-15,17-18,20H,7-10H2,1-6H3/t14-,15+,17+,18-,20-/m1/s1. The first-order chi connectivity index (χ1) is 11.7. The van der Waals surface area contributed by atoms with Gasteiger partial charge in [-0.25, -0.2) is 0 Å². The molecule has 2 rings (SSSR count). The fourth-order valence-corrected chi connectivity index (χ4v) is 4.22. The molecule has 0 heterocycles. The van der Waals surface area contributed by atoms with E-state index in [1.807, 2.05) is 20.8 Å². The van der Waals surface area contributed by atoms with Crippen LogP contribution in [0.25, 0.3) is 0 Å². The highest BCUT2D eigenvalue weighted by atomic mass is 16.5. The van der Waals surface area contributed by atoms with Gasteiger partial charge in [-0.2, -0.15) is 0 Å². The van der Waals surface area contributed by atoms with Gasteiger partial charge in [0.05, 0.1) is 6.10 Å². The number of hydrogen-bond donors (Lipinski definition) is 0. The Morgan fingerprint density at radius 2 is 1.84 bits per heavy atom. The maximum absolute atomic E-state index is 13.0. The lowest BCUT2D eigenvalue weighted by Crippen LogP contribution is -2.40. The molecule has 1 saturated carbocycles. The predicted molar refractivity (Wildman–Crippen MR) is 97.8 cm³/mol. The van der Waals surface area contributed by atoms with E-state index >= 15 is 0 Å². The minimum Gasteiger partial charge on any atom is -0.494 e. The zero-order valence-electron chi connectivity index (χ0n) is 16.6. The molecule has 4 nitrogen and oxygen atoms in total. The summed E-state index contributed by atoms with van der Waals surface area (Å²) in [6.07, 6.45) is 5.01. The van der Waals surface area contributed by atoms with E-state index in [0.29, 0.717) is 29.9 Å². The lowest BCUT2D eigenvalue weighted by molar-refractivity contribution is -0.163. The van der Waals surface area contributed by atoms with Crippen molar-refractivity contribution in [2.24, 2.45) is 29.6 Å². The first-order valence-electron chi connectivity index (χ1n) is 9.80. The average Bonchev–Trinajstić information content (AvgIpc) is 2.45. The van der Waals surface area contributed by atoms with E-state index < -0.39 is 5.92 Å². The first kappa shape index (κ1) is 20.0. The van der Waals surface area contributed by atoms with Crippen molar-refractivity contribution >= 4 is 11.8 Å². The second kappa shape index (κ2) is 8.37. The Bertz CT molecular complexity index is 520. The molecular formula is C21H34O4. The molecule has 0 radical (unpaired) electrons. The van der Waals surface area contributed by atoms with Gasteiger partial charge in [0.2, 0.25) is 0 Å². The van der Waals surface area contributed by atoms with Crippen molar-refractivity contribution in [2.45, 2.75) is 79.4 Å². The SMILES string of the molecule is CC(C)OC1=CC(=O)C[C@H](C)[C@H]1C(=O)O[C@@H]1C[C@H](C)CC[C@H]1C(C)C. The van der Waals surface area contributed by atoms with Gasteiger partial charge in [0, 0.05) is 12.5 Å². The zero-order valence-corrected chi connectivity index (χ0v) is 16.6. The summed E-state index contributed by atoms with van der Waals surface area (Å²) in [5.74, 6) is 1.23. The fraction of sp³-hybridized carbons (Fsp3) is 0.810. The number of carbonyl (C=O) groups excluding carboxylic acids is 2. The van der Waals surface area contributed by atoms with Crippen molar-refractivity contribution in [3.8, 4) is 0 Å². The van der Waals surface area contributed by atoms with E-state index in [-0.39, 0.29) is 29.9 Å². The maximum Gasteiger partial charge on any atom is 0.317 e. The molecule has 1 fully saturated rings. The van der Waals surface area contributed by atoms with Crippen molar-refractivity contribution in [1.29, 1.82) is 0 Å². The van der Waals surface area contributed by atoms with Gasteiger partial charge in [0.15, 0.2) is 5.78 Å². The number of hydrogen-bond acceptors (Lipinski definition) is 4. The number of carbonyl (C=O) groups is 2. The van der Waals surface area contributed by atoms with Crippen LogP contribution >= 0.6 is 0 Å². The molecule has 5 atom stereocenters. The highest BCUT2D eigenvalue weighted by molar-refractivity contribution is 5.93. The van der Waals surface area contributed by atoms with Crippen LogP contribution in [0.5, 0.6) is 0 Å². The van der Waals surface area contributed by atoms with Crippen LogP contribution in [0.3, 0.4) is 0 Å². The van der Waals surface area contributed by atoms with Crippen LogP contribution in [0, 0.1) is 29.6 Å². The van der Waals surface area contributed by atoms with Crippen LogP contribution in [0.2, 0.25) is 0 Å². The molecule has 0 spiro atoms. The minimum atomic E-state index is -0.467. The first-order valence-corrected chi connectivity index (χ1v) is 9.80. The van der Waals surface area contributed by atoms with Gasteiger partial charge < -0.3 is 9.47 Å². The number of ether oxygens (including phenoxy) is 2. The summed E-state index contributed by atoms with van der Waals surface area (Å²) in [5, 5.41) is 0. The second-order valence-electron chi connectivity index (χ2n) is 8.64. The van der Waals surface area contributed by atoms with Crippen LogP contribution in [0.4, 0.5) is 0 Å². The quantitative estimate of drug-likeness (QED) is 0.684. The largest absolute Gasteiger partial charge is 0.494 e. The summed E-state index contributed by atoms with van der Waals surface area (Å²) in [6.45, 7) is 12.4. The average molecular weight is 350 g/mol. The van der Waals surface area contributed by atoms with Crippen molar-refractivity contribution < 1.29 is 19.1 Å². The van der Waals surface area contributed by atoms with Crippen LogP contribution in [0.1, 0.15) is 67.2 Å². The Balaban J connectivity index is 2.16. The summed E-state index contributed by atoms with van der Waals surface area (Å²) in [6, 6.07) is 0. The lowest BCUT2D eigenvalue weighted by atomic mass is 9.75. The van der Waals surface area contributed by atoms with Crippen molar-refractivity contribution in [3.63, 3.8) is 0 Å². The third-order valence-electron chi connectivity index (χ3n) is 5.56. The Labute approximate surface area is 152 Å². The van der Waals surface area contributed by atoms with Gasteiger partial charge in [-0.3, -0.25) is 9.59 Å². The molecule has 0 unspecified atom stereocenters. The van der Waals surface area contributed by atoms with Crippen molar-refractivity contribution in [1.82, 2.24) is 0 Å². The van der Waals surface area contributed by atoms with Gasteiger partial charge in [0.25, 0.3) is 0 Å². The van der Waals surface area contributed by atoms with E-state index in [2.05, 4.69) is 20.8 Å².